The Labute approximate surface area is 104 Å². The van der Waals surface area contributed by atoms with Crippen molar-refractivity contribution in [2.24, 2.45) is 0 Å². The number of amides is 1. The molecule has 0 unspecified atom stereocenters. The topological polar surface area (TPSA) is 29.1 Å². The van der Waals surface area contributed by atoms with Gasteiger partial charge < -0.3 is 5.32 Å². The van der Waals surface area contributed by atoms with E-state index in [9.17, 15) is 9.18 Å². The molecule has 0 aliphatic rings. The SMILES string of the molecule is CC(CCl)(CCl)NC(=O)c1cccc(F)c1. The van der Waals surface area contributed by atoms with E-state index in [1.165, 1.54) is 18.2 Å². The molecule has 1 rings (SSSR count). The van der Waals surface area contributed by atoms with Crippen molar-refractivity contribution in [2.45, 2.75) is 12.5 Å². The lowest BCUT2D eigenvalue weighted by molar-refractivity contribution is 0.0921. The number of alkyl halides is 2. The van der Waals surface area contributed by atoms with E-state index >= 15 is 0 Å². The summed E-state index contributed by atoms with van der Waals surface area (Å²) < 4.78 is 12.9. The highest BCUT2D eigenvalue weighted by atomic mass is 35.5. The molecule has 0 aliphatic heterocycles. The number of carbonyl (C=O) groups is 1. The van der Waals surface area contributed by atoms with E-state index in [1.807, 2.05) is 0 Å². The lowest BCUT2D eigenvalue weighted by Gasteiger charge is -2.25. The second kappa shape index (κ2) is 5.51. The van der Waals surface area contributed by atoms with Crippen LogP contribution < -0.4 is 5.32 Å². The van der Waals surface area contributed by atoms with Crippen LogP contribution in [0, 0.1) is 5.82 Å². The fraction of sp³-hybridized carbons (Fsp3) is 0.364. The molecule has 0 atom stereocenters. The first-order valence-corrected chi connectivity index (χ1v) is 5.78. The van der Waals surface area contributed by atoms with Crippen molar-refractivity contribution in [2.75, 3.05) is 11.8 Å². The van der Waals surface area contributed by atoms with Crippen LogP contribution in [0.15, 0.2) is 24.3 Å². The Morgan fingerprint density at radius 1 is 1.44 bits per heavy atom. The molecule has 88 valence electrons. The maximum atomic E-state index is 12.9. The zero-order valence-electron chi connectivity index (χ0n) is 8.77. The molecule has 0 saturated heterocycles. The predicted molar refractivity (Wildman–Crippen MR) is 63.7 cm³/mol. The second-order valence-electron chi connectivity index (χ2n) is 3.79. The number of nitrogens with one attached hydrogen (secondary N) is 1. The molecule has 1 aromatic rings. The van der Waals surface area contributed by atoms with Gasteiger partial charge in [-0.3, -0.25) is 4.79 Å². The van der Waals surface area contributed by atoms with Gasteiger partial charge >= 0.3 is 0 Å². The van der Waals surface area contributed by atoms with Crippen molar-refractivity contribution in [3.05, 3.63) is 35.6 Å². The molecule has 16 heavy (non-hydrogen) atoms. The van der Waals surface area contributed by atoms with Crippen molar-refractivity contribution in [3.63, 3.8) is 0 Å². The number of halogens is 3. The summed E-state index contributed by atoms with van der Waals surface area (Å²) in [6.07, 6.45) is 0. The maximum Gasteiger partial charge on any atom is 0.251 e. The molecule has 0 heterocycles. The van der Waals surface area contributed by atoms with E-state index in [1.54, 1.807) is 6.92 Å². The standard InChI is InChI=1S/C11H12Cl2FNO/c1-11(6-12,7-13)15-10(16)8-3-2-4-9(14)5-8/h2-5H,6-7H2,1H3,(H,15,16). The highest BCUT2D eigenvalue weighted by Gasteiger charge is 2.24. The first kappa shape index (κ1) is 13.3. The van der Waals surface area contributed by atoms with Gasteiger partial charge in [0.1, 0.15) is 5.82 Å². The number of hydrogen-bond acceptors (Lipinski definition) is 1. The van der Waals surface area contributed by atoms with Crippen molar-refractivity contribution in [1.82, 2.24) is 5.32 Å². The second-order valence-corrected chi connectivity index (χ2v) is 4.33. The third kappa shape index (κ3) is 3.35. The van der Waals surface area contributed by atoms with Gasteiger partial charge in [0.25, 0.3) is 5.91 Å². The van der Waals surface area contributed by atoms with Gasteiger partial charge in [0, 0.05) is 17.3 Å². The van der Waals surface area contributed by atoms with Crippen LogP contribution in [0.1, 0.15) is 17.3 Å². The van der Waals surface area contributed by atoms with Gasteiger partial charge in [0.05, 0.1) is 5.54 Å². The molecule has 0 spiro atoms. The Kier molecular flexibility index (Phi) is 4.56. The van der Waals surface area contributed by atoms with Gasteiger partial charge in [0.15, 0.2) is 0 Å². The van der Waals surface area contributed by atoms with Gasteiger partial charge in [0.2, 0.25) is 0 Å². The summed E-state index contributed by atoms with van der Waals surface area (Å²) in [7, 11) is 0. The third-order valence-electron chi connectivity index (χ3n) is 2.09. The molecule has 5 heteroatoms. The monoisotopic (exact) mass is 263 g/mol. The zero-order valence-corrected chi connectivity index (χ0v) is 10.3. The molecule has 0 saturated carbocycles. The molecule has 0 fully saturated rings. The molecule has 0 radical (unpaired) electrons. The van der Waals surface area contributed by atoms with Gasteiger partial charge in [-0.05, 0) is 25.1 Å². The van der Waals surface area contributed by atoms with Crippen molar-refractivity contribution in [3.8, 4) is 0 Å². The van der Waals surface area contributed by atoms with Gasteiger partial charge in [-0.25, -0.2) is 4.39 Å². The number of benzene rings is 1. The van der Waals surface area contributed by atoms with Crippen LogP contribution in [0.5, 0.6) is 0 Å². The minimum absolute atomic E-state index is 0.192. The summed E-state index contributed by atoms with van der Waals surface area (Å²) in [6.45, 7) is 1.73. The molecular formula is C11H12Cl2FNO. The van der Waals surface area contributed by atoms with Crippen LogP contribution in [0.3, 0.4) is 0 Å². The number of hydrogen-bond donors (Lipinski definition) is 1. The summed E-state index contributed by atoms with van der Waals surface area (Å²) >= 11 is 11.4. The number of carbonyl (C=O) groups excluding carboxylic acids is 1. The average molecular weight is 264 g/mol. The van der Waals surface area contributed by atoms with Crippen molar-refractivity contribution >= 4 is 29.1 Å². The molecule has 2 nitrogen and oxygen atoms in total. The lowest BCUT2D eigenvalue weighted by Crippen LogP contribution is -2.49. The Morgan fingerprint density at radius 3 is 2.56 bits per heavy atom. The van der Waals surface area contributed by atoms with E-state index in [4.69, 9.17) is 23.2 Å². The molecule has 1 amide bonds. The summed E-state index contributed by atoms with van der Waals surface area (Å²) in [5.41, 5.74) is -0.437. The summed E-state index contributed by atoms with van der Waals surface area (Å²) in [5.74, 6) is -0.454. The van der Waals surface area contributed by atoms with E-state index in [0.29, 0.717) is 0 Å². The van der Waals surface area contributed by atoms with Crippen molar-refractivity contribution < 1.29 is 9.18 Å². The van der Waals surface area contributed by atoms with Gasteiger partial charge in [-0.15, -0.1) is 23.2 Å². The number of rotatable bonds is 4. The summed E-state index contributed by atoms with van der Waals surface area (Å²) in [4.78, 5) is 11.7. The minimum Gasteiger partial charge on any atom is -0.344 e. The maximum absolute atomic E-state index is 12.9. The average Bonchev–Trinajstić information content (AvgIpc) is 2.29. The predicted octanol–water partition coefficient (Wildman–Crippen LogP) is 2.79. The van der Waals surface area contributed by atoms with E-state index < -0.39 is 11.4 Å². The van der Waals surface area contributed by atoms with Gasteiger partial charge in [-0.1, -0.05) is 6.07 Å². The Balaban J connectivity index is 2.80. The van der Waals surface area contributed by atoms with Crippen LogP contribution in [0.2, 0.25) is 0 Å². The molecule has 1 N–H and O–H groups in total. The lowest BCUT2D eigenvalue weighted by atomic mass is 10.1. The molecular weight excluding hydrogens is 252 g/mol. The van der Waals surface area contributed by atoms with Crippen LogP contribution in [-0.2, 0) is 0 Å². The molecule has 1 aromatic carbocycles. The van der Waals surface area contributed by atoms with Crippen LogP contribution in [0.4, 0.5) is 4.39 Å². The van der Waals surface area contributed by atoms with E-state index in [0.717, 1.165) is 6.07 Å². The zero-order chi connectivity index (χ0) is 12.2. The largest absolute Gasteiger partial charge is 0.344 e. The minimum atomic E-state index is -0.688. The quantitative estimate of drug-likeness (QED) is 0.832. The van der Waals surface area contributed by atoms with Crippen molar-refractivity contribution in [1.29, 1.82) is 0 Å². The molecule has 0 aromatic heterocycles. The van der Waals surface area contributed by atoms with Gasteiger partial charge in [-0.2, -0.15) is 0 Å². The Morgan fingerprint density at radius 2 is 2.06 bits per heavy atom. The fourth-order valence-corrected chi connectivity index (χ4v) is 1.50. The van der Waals surface area contributed by atoms with E-state index in [-0.39, 0.29) is 23.2 Å². The third-order valence-corrected chi connectivity index (χ3v) is 3.27. The highest BCUT2D eigenvalue weighted by molar-refractivity contribution is 6.22. The smallest absolute Gasteiger partial charge is 0.251 e. The van der Waals surface area contributed by atoms with Crippen LogP contribution in [-0.4, -0.2) is 23.2 Å². The first-order chi connectivity index (χ1) is 7.50. The van der Waals surface area contributed by atoms with E-state index in [2.05, 4.69) is 5.32 Å². The van der Waals surface area contributed by atoms with Crippen LogP contribution in [0.25, 0.3) is 0 Å². The summed E-state index contributed by atoms with van der Waals surface area (Å²) in [5, 5.41) is 2.67. The van der Waals surface area contributed by atoms with Crippen LogP contribution >= 0.6 is 23.2 Å². The summed E-state index contributed by atoms with van der Waals surface area (Å²) in [6, 6.07) is 5.45. The Hall–Kier alpha value is -0.800. The highest BCUT2D eigenvalue weighted by Crippen LogP contribution is 2.11. The molecule has 0 aliphatic carbocycles. The normalized spacial score (nSPS) is 11.2. The first-order valence-electron chi connectivity index (χ1n) is 4.71. The molecule has 0 bridgehead atoms. The fourth-order valence-electron chi connectivity index (χ4n) is 1.08. The Bertz CT molecular complexity index is 380.